The van der Waals surface area contributed by atoms with E-state index in [0.717, 1.165) is 9.15 Å². The first-order valence-electron chi connectivity index (χ1n) is 8.96. The number of aromatic nitrogens is 3. The minimum Gasteiger partial charge on any atom is -0.385 e. The Morgan fingerprint density at radius 1 is 1.34 bits per heavy atom. The molecule has 1 aliphatic rings. The number of sulfone groups is 1. The van der Waals surface area contributed by atoms with Crippen LogP contribution in [0.5, 0.6) is 0 Å². The lowest BCUT2D eigenvalue weighted by molar-refractivity contribution is -0.138. The van der Waals surface area contributed by atoms with E-state index >= 15 is 0 Å². The molecule has 1 saturated heterocycles. The largest absolute Gasteiger partial charge is 0.385 e. The maximum atomic E-state index is 12.6. The molecule has 0 bridgehead atoms. The number of benzene rings is 1. The summed E-state index contributed by atoms with van der Waals surface area (Å²) < 4.78 is 49.1. The molecule has 0 N–H and O–H groups in total. The number of hydrogen-bond acceptors (Lipinski definition) is 8. The van der Waals surface area contributed by atoms with Crippen LogP contribution in [-0.4, -0.2) is 91.9 Å². The van der Waals surface area contributed by atoms with E-state index in [4.69, 9.17) is 4.84 Å². The van der Waals surface area contributed by atoms with Crippen molar-refractivity contribution in [2.45, 2.75) is 24.3 Å². The summed E-state index contributed by atoms with van der Waals surface area (Å²) in [5.41, 5.74) is 0.705. The van der Waals surface area contributed by atoms with Crippen molar-refractivity contribution >= 4 is 36.8 Å². The fourth-order valence-corrected chi connectivity index (χ4v) is 5.86. The molecule has 1 amide bonds. The maximum Gasteiger partial charge on any atom is 0.263 e. The van der Waals surface area contributed by atoms with Gasteiger partial charge in [-0.05, 0) is 36.8 Å². The van der Waals surface area contributed by atoms with Crippen LogP contribution in [0.2, 0.25) is 0 Å². The Balaban J connectivity index is 1.77. The highest BCUT2D eigenvalue weighted by Gasteiger charge is 2.34. The summed E-state index contributed by atoms with van der Waals surface area (Å²) in [5.74, 6) is -0.362. The van der Waals surface area contributed by atoms with Crippen LogP contribution in [0.3, 0.4) is 0 Å². The molecule has 2 aromatic rings. The van der Waals surface area contributed by atoms with Gasteiger partial charge in [-0.15, -0.1) is 5.10 Å². The Morgan fingerprint density at radius 3 is 2.66 bits per heavy atom. The molecule has 0 unspecified atom stereocenters. The smallest absolute Gasteiger partial charge is 0.263 e. The van der Waals surface area contributed by atoms with Gasteiger partial charge in [-0.2, -0.15) is 0 Å². The van der Waals surface area contributed by atoms with Crippen LogP contribution in [0.4, 0.5) is 0 Å². The third-order valence-corrected chi connectivity index (χ3v) is 8.35. The predicted molar refractivity (Wildman–Crippen MR) is 104 cm³/mol. The number of amides is 1. The highest BCUT2D eigenvalue weighted by atomic mass is 32.2. The average Bonchev–Trinajstić information content (AvgIpc) is 3.22. The van der Waals surface area contributed by atoms with Crippen LogP contribution in [0, 0.1) is 0 Å². The van der Waals surface area contributed by atoms with Gasteiger partial charge in [0.25, 0.3) is 5.91 Å². The van der Waals surface area contributed by atoms with Crippen LogP contribution in [0.15, 0.2) is 23.1 Å². The third kappa shape index (κ3) is 4.36. The monoisotopic (exact) mass is 445 g/mol. The van der Waals surface area contributed by atoms with E-state index in [1.807, 2.05) is 0 Å². The second-order valence-electron chi connectivity index (χ2n) is 6.91. The van der Waals surface area contributed by atoms with E-state index < -0.39 is 19.9 Å². The van der Waals surface area contributed by atoms with Gasteiger partial charge in [-0.3, -0.25) is 4.79 Å². The van der Waals surface area contributed by atoms with Gasteiger partial charge < -0.3 is 9.74 Å². The summed E-state index contributed by atoms with van der Waals surface area (Å²) in [4.78, 5) is 20.5. The number of carbonyl (C=O) groups excluding carboxylic acids is 1. The summed E-state index contributed by atoms with van der Waals surface area (Å²) in [6.07, 6.45) is 0.403. The second-order valence-corrected chi connectivity index (χ2v) is 11.3. The molecule has 1 atom stereocenters. The zero-order chi connectivity index (χ0) is 21.4. The summed E-state index contributed by atoms with van der Waals surface area (Å²) in [7, 11) is -3.93. The van der Waals surface area contributed by atoms with E-state index in [-0.39, 0.29) is 35.0 Å². The molecule has 0 saturated carbocycles. The summed E-state index contributed by atoms with van der Waals surface area (Å²) >= 11 is 0. The van der Waals surface area contributed by atoms with E-state index in [1.54, 1.807) is 6.92 Å². The lowest BCUT2D eigenvalue weighted by Gasteiger charge is -2.26. The first-order valence-corrected chi connectivity index (χ1v) is 12.2. The van der Waals surface area contributed by atoms with Crippen LogP contribution in [-0.2, 0) is 24.7 Å². The van der Waals surface area contributed by atoms with Crippen LogP contribution < -0.4 is 4.84 Å². The highest BCUT2D eigenvalue weighted by molar-refractivity contribution is 7.91. The van der Waals surface area contributed by atoms with Gasteiger partial charge in [0.1, 0.15) is 11.0 Å². The van der Waals surface area contributed by atoms with Crippen LogP contribution in [0.25, 0.3) is 11.0 Å². The quantitative estimate of drug-likeness (QED) is 0.538. The van der Waals surface area contributed by atoms with Crippen molar-refractivity contribution in [1.29, 1.82) is 0 Å². The van der Waals surface area contributed by atoms with Gasteiger partial charge in [-0.1, -0.05) is 4.85 Å². The zero-order valence-corrected chi connectivity index (χ0v) is 18.0. The standard InChI is InChI=1S/C16H23N5O6S2/c1-4-20(12-7-8-28(23,24)11-12)16(22)10-27-21-15-9-13(29(25,26)19(2)3)5-6-14(15)17-18-21/h5-6,9,12H,4,7-8,10-11H2,1-3H3/t12-/m0/s1. The number of rotatable bonds is 7. The number of hydrogen-bond donors (Lipinski definition) is 0. The SMILES string of the molecule is CCN(C(=O)COn1nnc2ccc(S(=O)(=O)N(C)C)cc21)[C@H]1CCS(=O)(=O)C1. The van der Waals surface area contributed by atoms with Gasteiger partial charge >= 0.3 is 0 Å². The molecule has 3 rings (SSSR count). The third-order valence-electron chi connectivity index (χ3n) is 4.79. The van der Waals surface area contributed by atoms with Crippen molar-refractivity contribution in [3.05, 3.63) is 18.2 Å². The molecule has 1 aliphatic heterocycles. The molecule has 0 radical (unpaired) electrons. The Hall–Kier alpha value is -2.25. The van der Waals surface area contributed by atoms with Crippen molar-refractivity contribution in [1.82, 2.24) is 24.4 Å². The van der Waals surface area contributed by atoms with Crippen molar-refractivity contribution in [2.24, 2.45) is 0 Å². The van der Waals surface area contributed by atoms with Gasteiger partial charge in [-0.25, -0.2) is 21.1 Å². The minimum absolute atomic E-state index is 0.0415. The predicted octanol–water partition coefficient (Wildman–Crippen LogP) is -0.854. The fourth-order valence-electron chi connectivity index (χ4n) is 3.20. The van der Waals surface area contributed by atoms with Crippen molar-refractivity contribution in [3.8, 4) is 0 Å². The Kier molecular flexibility index (Phi) is 5.83. The van der Waals surface area contributed by atoms with Crippen molar-refractivity contribution in [2.75, 3.05) is 38.8 Å². The van der Waals surface area contributed by atoms with Gasteiger partial charge in [0.15, 0.2) is 16.4 Å². The minimum atomic E-state index is -3.66. The second kappa shape index (κ2) is 7.88. The molecule has 1 aromatic heterocycles. The molecular weight excluding hydrogens is 422 g/mol. The Labute approximate surface area is 169 Å². The van der Waals surface area contributed by atoms with E-state index in [2.05, 4.69) is 10.3 Å². The molecule has 1 aromatic carbocycles. The lowest BCUT2D eigenvalue weighted by Crippen LogP contribution is -2.44. The molecule has 29 heavy (non-hydrogen) atoms. The zero-order valence-electron chi connectivity index (χ0n) is 16.3. The summed E-state index contributed by atoms with van der Waals surface area (Å²) in [5, 5.41) is 7.71. The van der Waals surface area contributed by atoms with E-state index in [1.165, 1.54) is 37.2 Å². The first-order chi connectivity index (χ1) is 13.5. The molecule has 0 spiro atoms. The summed E-state index contributed by atoms with van der Waals surface area (Å²) in [6, 6.07) is 3.92. The molecular formula is C16H23N5O6S2. The number of nitrogens with zero attached hydrogens (tertiary/aromatic N) is 5. The fraction of sp³-hybridized carbons (Fsp3) is 0.562. The van der Waals surface area contributed by atoms with Gasteiger partial charge in [0.05, 0.1) is 16.4 Å². The summed E-state index contributed by atoms with van der Waals surface area (Å²) in [6.45, 7) is 1.74. The van der Waals surface area contributed by atoms with Crippen molar-refractivity contribution in [3.63, 3.8) is 0 Å². The average molecular weight is 446 g/mol. The first kappa shape index (κ1) is 21.5. The number of fused-ring (bicyclic) bond motifs is 1. The molecule has 2 heterocycles. The topological polar surface area (TPSA) is 132 Å². The van der Waals surface area contributed by atoms with Crippen LogP contribution >= 0.6 is 0 Å². The number of likely N-dealkylation sites (N-methyl/N-ethyl adjacent to an activating group) is 1. The molecule has 1 fully saturated rings. The number of sulfonamides is 1. The highest BCUT2D eigenvalue weighted by Crippen LogP contribution is 2.20. The molecule has 11 nitrogen and oxygen atoms in total. The molecule has 0 aliphatic carbocycles. The molecule has 13 heteroatoms. The number of carbonyl (C=O) groups is 1. The van der Waals surface area contributed by atoms with Crippen molar-refractivity contribution < 1.29 is 26.5 Å². The van der Waals surface area contributed by atoms with Crippen LogP contribution in [0.1, 0.15) is 13.3 Å². The van der Waals surface area contributed by atoms with Gasteiger partial charge in [0, 0.05) is 26.7 Å². The molecule has 160 valence electrons. The van der Waals surface area contributed by atoms with Gasteiger partial charge in [0.2, 0.25) is 10.0 Å². The lowest BCUT2D eigenvalue weighted by atomic mass is 10.2. The van der Waals surface area contributed by atoms with E-state index in [9.17, 15) is 21.6 Å². The maximum absolute atomic E-state index is 12.6. The van der Waals surface area contributed by atoms with E-state index in [0.29, 0.717) is 24.0 Å². The Bertz CT molecular complexity index is 1130. The normalized spacial score (nSPS) is 19.0. The Morgan fingerprint density at radius 2 is 2.07 bits per heavy atom.